The van der Waals surface area contributed by atoms with Gasteiger partial charge in [0.2, 0.25) is 0 Å². The maximum atomic E-state index is 11.9. The summed E-state index contributed by atoms with van der Waals surface area (Å²) in [4.78, 5) is 11.9. The number of ether oxygens (including phenoxy) is 1. The Morgan fingerprint density at radius 2 is 2.15 bits per heavy atom. The van der Waals surface area contributed by atoms with Crippen LogP contribution in [0.3, 0.4) is 0 Å². The van der Waals surface area contributed by atoms with Gasteiger partial charge in [-0.1, -0.05) is 23.2 Å². The normalized spacial score (nSPS) is 15.8. The molecule has 1 aliphatic carbocycles. The lowest BCUT2D eigenvalue weighted by molar-refractivity contribution is -0.127. The van der Waals surface area contributed by atoms with Gasteiger partial charge in [0.15, 0.2) is 6.10 Å². The SMILES string of the molecule is CNCc1cc(Cl)cc(Cl)c1OC(C)C(=O)NC1CC1. The van der Waals surface area contributed by atoms with Crippen LogP contribution in [-0.4, -0.2) is 25.1 Å². The van der Waals surface area contributed by atoms with E-state index in [1.54, 1.807) is 19.1 Å². The molecule has 6 heteroatoms. The average Bonchev–Trinajstić information content (AvgIpc) is 3.17. The van der Waals surface area contributed by atoms with Crippen LogP contribution in [0, 0.1) is 0 Å². The molecule has 0 saturated heterocycles. The number of hydrogen-bond donors (Lipinski definition) is 2. The number of nitrogens with one attached hydrogen (secondary N) is 2. The molecule has 1 aromatic carbocycles. The molecule has 0 radical (unpaired) electrons. The highest BCUT2D eigenvalue weighted by atomic mass is 35.5. The molecular weight excluding hydrogens is 299 g/mol. The molecule has 1 aliphatic rings. The first-order valence-electron chi connectivity index (χ1n) is 6.60. The second-order valence-corrected chi connectivity index (χ2v) is 5.79. The minimum Gasteiger partial charge on any atom is -0.479 e. The van der Waals surface area contributed by atoms with Gasteiger partial charge in [-0.25, -0.2) is 0 Å². The zero-order valence-corrected chi connectivity index (χ0v) is 13.0. The molecule has 110 valence electrons. The van der Waals surface area contributed by atoms with Gasteiger partial charge in [-0.2, -0.15) is 0 Å². The summed E-state index contributed by atoms with van der Waals surface area (Å²) in [5.41, 5.74) is 0.830. The Morgan fingerprint density at radius 1 is 1.45 bits per heavy atom. The standard InChI is InChI=1S/C14H18Cl2N2O2/c1-8(14(19)18-11-3-4-11)20-13-9(7-17-2)5-10(15)6-12(13)16/h5-6,8,11,17H,3-4,7H2,1-2H3,(H,18,19). The fourth-order valence-electron chi connectivity index (χ4n) is 1.84. The van der Waals surface area contributed by atoms with Crippen molar-refractivity contribution in [2.75, 3.05) is 7.05 Å². The minimum absolute atomic E-state index is 0.117. The third-order valence-electron chi connectivity index (χ3n) is 3.04. The van der Waals surface area contributed by atoms with Gasteiger partial charge in [0.05, 0.1) is 5.02 Å². The third kappa shape index (κ3) is 4.01. The molecule has 1 amide bonds. The van der Waals surface area contributed by atoms with Gasteiger partial charge in [0.25, 0.3) is 5.91 Å². The third-order valence-corrected chi connectivity index (χ3v) is 3.54. The van der Waals surface area contributed by atoms with E-state index in [4.69, 9.17) is 27.9 Å². The first kappa shape index (κ1) is 15.4. The molecule has 1 unspecified atom stereocenters. The van der Waals surface area contributed by atoms with Gasteiger partial charge in [0, 0.05) is 23.2 Å². The van der Waals surface area contributed by atoms with Crippen molar-refractivity contribution in [3.8, 4) is 5.75 Å². The maximum absolute atomic E-state index is 11.9. The van der Waals surface area contributed by atoms with Crippen LogP contribution in [0.15, 0.2) is 12.1 Å². The molecule has 1 aromatic rings. The Kier molecular flexibility index (Phi) is 5.13. The molecule has 0 heterocycles. The van der Waals surface area contributed by atoms with E-state index in [2.05, 4.69) is 10.6 Å². The molecule has 0 aromatic heterocycles. The summed E-state index contributed by atoms with van der Waals surface area (Å²) in [6.45, 7) is 2.28. The number of amides is 1. The van der Waals surface area contributed by atoms with Crippen LogP contribution >= 0.6 is 23.2 Å². The predicted molar refractivity (Wildman–Crippen MR) is 80.5 cm³/mol. The van der Waals surface area contributed by atoms with E-state index in [0.717, 1.165) is 18.4 Å². The smallest absolute Gasteiger partial charge is 0.260 e. The van der Waals surface area contributed by atoms with Crippen molar-refractivity contribution in [1.29, 1.82) is 0 Å². The molecule has 2 rings (SSSR count). The molecule has 1 atom stereocenters. The van der Waals surface area contributed by atoms with Gasteiger partial charge < -0.3 is 15.4 Å². The average molecular weight is 317 g/mol. The molecule has 4 nitrogen and oxygen atoms in total. The minimum atomic E-state index is -0.593. The van der Waals surface area contributed by atoms with Crippen molar-refractivity contribution < 1.29 is 9.53 Å². The second kappa shape index (κ2) is 6.66. The van der Waals surface area contributed by atoms with Crippen LogP contribution in [0.5, 0.6) is 5.75 Å². The van der Waals surface area contributed by atoms with Crippen LogP contribution in [0.25, 0.3) is 0 Å². The van der Waals surface area contributed by atoms with E-state index in [9.17, 15) is 4.79 Å². The topological polar surface area (TPSA) is 50.4 Å². The molecule has 0 spiro atoms. The Hall–Kier alpha value is -0.970. The van der Waals surface area contributed by atoms with Crippen LogP contribution < -0.4 is 15.4 Å². The largest absolute Gasteiger partial charge is 0.479 e. The molecule has 2 N–H and O–H groups in total. The van der Waals surface area contributed by atoms with E-state index >= 15 is 0 Å². The van der Waals surface area contributed by atoms with Gasteiger partial charge >= 0.3 is 0 Å². The molecule has 1 fully saturated rings. The molecule has 1 saturated carbocycles. The zero-order valence-electron chi connectivity index (χ0n) is 11.5. The van der Waals surface area contributed by atoms with Gasteiger partial charge in [0.1, 0.15) is 5.75 Å². The van der Waals surface area contributed by atoms with E-state index in [1.807, 2.05) is 7.05 Å². The number of carbonyl (C=O) groups is 1. The lowest BCUT2D eigenvalue weighted by Gasteiger charge is -2.18. The number of halogens is 2. The molecule has 20 heavy (non-hydrogen) atoms. The van der Waals surface area contributed by atoms with Crippen LogP contribution in [-0.2, 0) is 11.3 Å². The van der Waals surface area contributed by atoms with E-state index in [-0.39, 0.29) is 5.91 Å². The Bertz CT molecular complexity index is 504. The van der Waals surface area contributed by atoms with Crippen LogP contribution in [0.4, 0.5) is 0 Å². The first-order chi connectivity index (χ1) is 9.51. The van der Waals surface area contributed by atoms with E-state index in [1.165, 1.54) is 0 Å². The van der Waals surface area contributed by atoms with Gasteiger partial charge in [-0.05, 0) is 38.9 Å². The summed E-state index contributed by atoms with van der Waals surface area (Å²) in [5, 5.41) is 6.89. The number of hydrogen-bond acceptors (Lipinski definition) is 3. The summed E-state index contributed by atoms with van der Waals surface area (Å²) in [6, 6.07) is 3.71. The highest BCUT2D eigenvalue weighted by Crippen LogP contribution is 2.33. The fourth-order valence-corrected chi connectivity index (χ4v) is 2.42. The highest BCUT2D eigenvalue weighted by Gasteiger charge is 2.27. The van der Waals surface area contributed by atoms with Crippen molar-refractivity contribution in [3.63, 3.8) is 0 Å². The Labute approximate surface area is 128 Å². The highest BCUT2D eigenvalue weighted by molar-refractivity contribution is 6.35. The molecule has 0 bridgehead atoms. The van der Waals surface area contributed by atoms with Gasteiger partial charge in [-0.3, -0.25) is 4.79 Å². The number of rotatable bonds is 6. The quantitative estimate of drug-likeness (QED) is 0.848. The summed E-state index contributed by atoms with van der Waals surface area (Å²) in [6.07, 6.45) is 1.50. The Balaban J connectivity index is 2.11. The second-order valence-electron chi connectivity index (χ2n) is 4.95. The van der Waals surface area contributed by atoms with Gasteiger partial charge in [-0.15, -0.1) is 0 Å². The predicted octanol–water partition coefficient (Wildman–Crippen LogP) is 2.76. The summed E-state index contributed by atoms with van der Waals surface area (Å²) in [7, 11) is 1.82. The number of benzene rings is 1. The number of carbonyl (C=O) groups excluding carboxylic acids is 1. The van der Waals surface area contributed by atoms with Crippen molar-refractivity contribution in [2.45, 2.75) is 38.5 Å². The Morgan fingerprint density at radius 3 is 2.75 bits per heavy atom. The fraction of sp³-hybridized carbons (Fsp3) is 0.500. The van der Waals surface area contributed by atoms with Crippen molar-refractivity contribution in [1.82, 2.24) is 10.6 Å². The van der Waals surface area contributed by atoms with Crippen molar-refractivity contribution >= 4 is 29.1 Å². The first-order valence-corrected chi connectivity index (χ1v) is 7.36. The van der Waals surface area contributed by atoms with Crippen molar-refractivity contribution in [3.05, 3.63) is 27.7 Å². The summed E-state index contributed by atoms with van der Waals surface area (Å²) >= 11 is 12.2. The maximum Gasteiger partial charge on any atom is 0.260 e. The van der Waals surface area contributed by atoms with Crippen molar-refractivity contribution in [2.24, 2.45) is 0 Å². The van der Waals surface area contributed by atoms with E-state index in [0.29, 0.717) is 28.4 Å². The summed E-state index contributed by atoms with van der Waals surface area (Å²) in [5.74, 6) is 0.387. The van der Waals surface area contributed by atoms with Crippen LogP contribution in [0.1, 0.15) is 25.3 Å². The van der Waals surface area contributed by atoms with E-state index < -0.39 is 6.10 Å². The lowest BCUT2D eigenvalue weighted by atomic mass is 10.2. The monoisotopic (exact) mass is 316 g/mol. The lowest BCUT2D eigenvalue weighted by Crippen LogP contribution is -2.37. The summed E-state index contributed by atoms with van der Waals surface area (Å²) < 4.78 is 5.73. The molecule has 0 aliphatic heterocycles. The zero-order chi connectivity index (χ0) is 14.7. The van der Waals surface area contributed by atoms with Crippen LogP contribution in [0.2, 0.25) is 10.0 Å². The molecular formula is C14H18Cl2N2O2.